The van der Waals surface area contributed by atoms with Crippen LogP contribution < -0.4 is 10.6 Å². The molecule has 27 heavy (non-hydrogen) atoms. The molecule has 5 aliphatic rings. The number of fused-ring (bicyclic) bond motifs is 4. The molecule has 1 amide bonds. The first kappa shape index (κ1) is 15.9. The topological polar surface area (TPSA) is 69.4 Å². The van der Waals surface area contributed by atoms with Crippen molar-refractivity contribution < 1.29 is 9.44 Å². The fraction of sp³-hybridized carbons (Fsp3) is 0.500. The summed E-state index contributed by atoms with van der Waals surface area (Å²) in [4.78, 5) is 14.4. The number of benzene rings is 1. The Bertz CT molecular complexity index is 951. The van der Waals surface area contributed by atoms with Crippen LogP contribution in [0.15, 0.2) is 47.2 Å². The van der Waals surface area contributed by atoms with Crippen molar-refractivity contribution in [3.8, 4) is 0 Å². The highest BCUT2D eigenvalue weighted by Crippen LogP contribution is 2.66. The van der Waals surface area contributed by atoms with Crippen molar-refractivity contribution in [3.05, 3.63) is 58.0 Å². The summed E-state index contributed by atoms with van der Waals surface area (Å²) < 4.78 is -0.0274. The van der Waals surface area contributed by atoms with Crippen LogP contribution in [0.25, 0.3) is 0 Å². The summed E-state index contributed by atoms with van der Waals surface area (Å²) in [5.41, 5.74) is 11.3. The zero-order valence-electron chi connectivity index (χ0n) is 15.6. The number of hydrogen-bond donors (Lipinski definition) is 1. The SMILES string of the molecule is CC[C@@H]1C[N+]2([O-])CC[C@@]34C5=C(C=C(C(N)=O)CN5c5ccccc53)[C@H]1C[C@@H]42. The number of piperidine rings is 1. The maximum atomic E-state index is 13.9. The summed E-state index contributed by atoms with van der Waals surface area (Å²) in [6, 6.07) is 8.62. The van der Waals surface area contributed by atoms with Crippen LogP contribution in [-0.4, -0.2) is 36.2 Å². The standard InChI is InChI=1S/C22H25N3O2/c1-2-13-12-25(27)8-7-22-17-5-3-4-6-18(17)24-11-14(21(23)26)9-16(20(22)24)15(13)10-19(22)25/h3-6,9,13,15,19H,2,7-8,10-12H2,1H3,(H2,23,26)/t13-,15+,19+,22-,25?/m1/s1. The lowest BCUT2D eigenvalue weighted by Gasteiger charge is -2.58. The van der Waals surface area contributed by atoms with Gasteiger partial charge in [0.1, 0.15) is 6.04 Å². The molecule has 5 nitrogen and oxygen atoms in total. The molecule has 1 aliphatic carbocycles. The first-order chi connectivity index (χ1) is 13.0. The predicted octanol–water partition coefficient (Wildman–Crippen LogP) is 2.57. The van der Waals surface area contributed by atoms with Crippen molar-refractivity contribution in [1.82, 2.24) is 0 Å². The fourth-order valence-electron chi connectivity index (χ4n) is 7.10. The monoisotopic (exact) mass is 363 g/mol. The van der Waals surface area contributed by atoms with Gasteiger partial charge < -0.3 is 20.5 Å². The fourth-order valence-corrected chi connectivity index (χ4v) is 7.10. The summed E-state index contributed by atoms with van der Waals surface area (Å²) in [5, 5.41) is 13.9. The molecule has 2 fully saturated rings. The van der Waals surface area contributed by atoms with Gasteiger partial charge in [-0.3, -0.25) is 4.79 Å². The van der Waals surface area contributed by atoms with Crippen LogP contribution >= 0.6 is 0 Å². The average Bonchev–Trinajstić information content (AvgIpc) is 3.16. The number of rotatable bonds is 2. The Morgan fingerprint density at radius 3 is 3.00 bits per heavy atom. The smallest absolute Gasteiger partial charge is 0.246 e. The molecular formula is C22H25N3O2. The summed E-state index contributed by atoms with van der Waals surface area (Å²) in [6.45, 7) is 4.15. The summed E-state index contributed by atoms with van der Waals surface area (Å²) in [5.74, 6) is 0.422. The van der Waals surface area contributed by atoms with Crippen LogP contribution in [-0.2, 0) is 10.2 Å². The third-order valence-corrected chi connectivity index (χ3v) is 8.15. The van der Waals surface area contributed by atoms with Crippen molar-refractivity contribution in [2.75, 3.05) is 24.5 Å². The van der Waals surface area contributed by atoms with Crippen LogP contribution in [0.4, 0.5) is 5.69 Å². The van der Waals surface area contributed by atoms with Gasteiger partial charge in [-0.15, -0.1) is 0 Å². The van der Waals surface area contributed by atoms with Gasteiger partial charge in [-0.05, 0) is 35.6 Å². The molecule has 0 saturated carbocycles. The van der Waals surface area contributed by atoms with E-state index in [9.17, 15) is 10.0 Å². The number of nitrogens with two attached hydrogens (primary N) is 1. The van der Waals surface area contributed by atoms with Crippen molar-refractivity contribution in [3.63, 3.8) is 0 Å². The van der Waals surface area contributed by atoms with E-state index in [-0.39, 0.29) is 22.0 Å². The Balaban J connectivity index is 1.69. The number of hydroxylamine groups is 3. The molecule has 5 heteroatoms. The lowest BCUT2D eigenvalue weighted by Crippen LogP contribution is -2.63. The van der Waals surface area contributed by atoms with Gasteiger partial charge in [0.15, 0.2) is 0 Å². The van der Waals surface area contributed by atoms with Gasteiger partial charge in [0, 0.05) is 35.7 Å². The van der Waals surface area contributed by atoms with E-state index in [1.54, 1.807) is 0 Å². The summed E-state index contributed by atoms with van der Waals surface area (Å²) in [6.07, 6.45) is 4.95. The van der Waals surface area contributed by atoms with Crippen molar-refractivity contribution in [2.45, 2.75) is 37.6 Å². The number of para-hydroxylation sites is 1. The molecule has 5 atom stereocenters. The van der Waals surface area contributed by atoms with Crippen molar-refractivity contribution in [1.29, 1.82) is 0 Å². The Morgan fingerprint density at radius 1 is 1.41 bits per heavy atom. The van der Waals surface area contributed by atoms with Gasteiger partial charge >= 0.3 is 0 Å². The molecule has 1 aromatic rings. The quantitative estimate of drug-likeness (QED) is 0.649. The molecule has 2 bridgehead atoms. The van der Waals surface area contributed by atoms with E-state index < -0.39 is 0 Å². The van der Waals surface area contributed by atoms with E-state index in [1.807, 2.05) is 0 Å². The van der Waals surface area contributed by atoms with Crippen LogP contribution in [0.5, 0.6) is 0 Å². The minimum atomic E-state index is -0.327. The Hall–Kier alpha value is -2.11. The van der Waals surface area contributed by atoms with Gasteiger partial charge in [0.05, 0.1) is 25.0 Å². The molecule has 140 valence electrons. The number of carbonyl (C=O) groups is 1. The average molecular weight is 363 g/mol. The minimum absolute atomic E-state index is 0.0274. The number of allylic oxidation sites excluding steroid dienone is 2. The second-order valence-corrected chi connectivity index (χ2v) is 9.05. The number of quaternary nitrogens is 1. The molecule has 2 saturated heterocycles. The van der Waals surface area contributed by atoms with Crippen LogP contribution in [0.1, 0.15) is 31.7 Å². The van der Waals surface area contributed by atoms with Crippen LogP contribution in [0.2, 0.25) is 0 Å². The lowest BCUT2D eigenvalue weighted by atomic mass is 9.59. The highest BCUT2D eigenvalue weighted by molar-refractivity contribution is 5.95. The molecular weight excluding hydrogens is 338 g/mol. The number of nitrogens with zero attached hydrogens (tertiary/aromatic N) is 2. The Kier molecular flexibility index (Phi) is 2.85. The molecule has 4 aliphatic heterocycles. The van der Waals surface area contributed by atoms with E-state index in [0.717, 1.165) is 19.3 Å². The maximum absolute atomic E-state index is 13.9. The lowest BCUT2D eigenvalue weighted by molar-refractivity contribution is -0.905. The molecule has 2 N–H and O–H groups in total. The number of hydrogen-bond acceptors (Lipinski definition) is 3. The molecule has 4 heterocycles. The minimum Gasteiger partial charge on any atom is -0.633 e. The van der Waals surface area contributed by atoms with E-state index in [2.05, 4.69) is 42.2 Å². The Labute approximate surface area is 159 Å². The number of amides is 1. The number of carbonyl (C=O) groups excluding carboxylic acids is 1. The second-order valence-electron chi connectivity index (χ2n) is 9.05. The molecule has 0 radical (unpaired) electrons. The summed E-state index contributed by atoms with van der Waals surface area (Å²) >= 11 is 0. The first-order valence-electron chi connectivity index (χ1n) is 10.2. The van der Waals surface area contributed by atoms with E-state index >= 15 is 0 Å². The number of anilines is 1. The highest BCUT2D eigenvalue weighted by Gasteiger charge is 2.68. The van der Waals surface area contributed by atoms with Gasteiger partial charge in [0.25, 0.3) is 0 Å². The van der Waals surface area contributed by atoms with Gasteiger partial charge in [0.2, 0.25) is 5.91 Å². The molecule has 1 spiro atoms. The molecule has 1 aromatic carbocycles. The third-order valence-electron chi connectivity index (χ3n) is 8.15. The van der Waals surface area contributed by atoms with Crippen LogP contribution in [0.3, 0.4) is 0 Å². The molecule has 0 aromatic heterocycles. The van der Waals surface area contributed by atoms with Gasteiger partial charge in [-0.25, -0.2) is 0 Å². The normalized spacial score (nSPS) is 40.6. The van der Waals surface area contributed by atoms with Gasteiger partial charge in [-0.1, -0.05) is 25.1 Å². The van der Waals surface area contributed by atoms with E-state index in [0.29, 0.717) is 37.0 Å². The Morgan fingerprint density at radius 2 is 2.22 bits per heavy atom. The molecule has 1 unspecified atom stereocenters. The largest absolute Gasteiger partial charge is 0.633 e. The zero-order chi connectivity index (χ0) is 18.6. The highest BCUT2D eigenvalue weighted by atomic mass is 16.5. The van der Waals surface area contributed by atoms with Crippen molar-refractivity contribution >= 4 is 11.6 Å². The molecule has 6 rings (SSSR count). The van der Waals surface area contributed by atoms with E-state index in [1.165, 1.54) is 22.5 Å². The van der Waals surface area contributed by atoms with E-state index in [4.69, 9.17) is 5.73 Å². The number of primary amides is 1. The third kappa shape index (κ3) is 1.67. The van der Waals surface area contributed by atoms with Crippen molar-refractivity contribution in [2.24, 2.45) is 17.6 Å². The van der Waals surface area contributed by atoms with Gasteiger partial charge in [-0.2, -0.15) is 0 Å². The zero-order valence-corrected chi connectivity index (χ0v) is 15.6. The first-order valence-corrected chi connectivity index (χ1v) is 10.2. The second kappa shape index (κ2) is 4.83. The predicted molar refractivity (Wildman–Crippen MR) is 103 cm³/mol. The maximum Gasteiger partial charge on any atom is 0.246 e. The van der Waals surface area contributed by atoms with Crippen LogP contribution in [0, 0.1) is 17.0 Å². The summed E-state index contributed by atoms with van der Waals surface area (Å²) in [7, 11) is 0.